The van der Waals surface area contributed by atoms with Gasteiger partial charge in [0.2, 0.25) is 11.8 Å². The summed E-state index contributed by atoms with van der Waals surface area (Å²) in [7, 11) is 1.66. The van der Waals surface area contributed by atoms with Crippen molar-refractivity contribution in [1.29, 1.82) is 0 Å². The second-order valence-corrected chi connectivity index (χ2v) is 4.18. The quantitative estimate of drug-likeness (QED) is 0.648. The van der Waals surface area contributed by atoms with Crippen molar-refractivity contribution in [2.24, 2.45) is 5.92 Å². The molecule has 4 heteroatoms. The minimum absolute atomic E-state index is 0.0302. The molecule has 2 rings (SSSR count). The van der Waals surface area contributed by atoms with Gasteiger partial charge in [-0.2, -0.15) is 0 Å². The fourth-order valence-corrected chi connectivity index (χ4v) is 2.95. The molecule has 2 amide bonds. The summed E-state index contributed by atoms with van der Waals surface area (Å²) in [6.45, 7) is 1.59. The number of hydrogen-bond acceptors (Lipinski definition) is 2. The molecule has 0 unspecified atom stereocenters. The molecule has 2 saturated heterocycles. The molecule has 0 aromatic rings. The van der Waals surface area contributed by atoms with Crippen LogP contribution < -0.4 is 5.32 Å². The highest BCUT2D eigenvalue weighted by atomic mass is 16.2. The molecule has 2 aliphatic heterocycles. The Morgan fingerprint density at radius 3 is 2.57 bits per heavy atom. The Balaban J connectivity index is 2.15. The van der Waals surface area contributed by atoms with Gasteiger partial charge >= 0.3 is 0 Å². The van der Waals surface area contributed by atoms with E-state index in [-0.39, 0.29) is 23.8 Å². The van der Waals surface area contributed by atoms with Gasteiger partial charge in [0.05, 0.1) is 5.92 Å². The predicted octanol–water partition coefficient (Wildman–Crippen LogP) is 0.132. The van der Waals surface area contributed by atoms with Crippen molar-refractivity contribution in [3.05, 3.63) is 0 Å². The molecular formula is C10H16N2O2. The molecule has 0 spiro atoms. The predicted molar refractivity (Wildman–Crippen MR) is 51.5 cm³/mol. The zero-order chi connectivity index (χ0) is 10.3. The number of fused-ring (bicyclic) bond motifs is 2. The van der Waals surface area contributed by atoms with Gasteiger partial charge in [-0.3, -0.25) is 9.59 Å². The first-order valence-corrected chi connectivity index (χ1v) is 5.15. The van der Waals surface area contributed by atoms with Crippen molar-refractivity contribution in [1.82, 2.24) is 10.2 Å². The molecule has 0 aromatic heterocycles. The summed E-state index contributed by atoms with van der Waals surface area (Å²) in [6.07, 6.45) is 2.91. The van der Waals surface area contributed by atoms with E-state index in [9.17, 15) is 9.59 Å². The third-order valence-electron chi connectivity index (χ3n) is 3.48. The van der Waals surface area contributed by atoms with Crippen LogP contribution in [0.15, 0.2) is 0 Å². The van der Waals surface area contributed by atoms with Crippen LogP contribution in [0.5, 0.6) is 0 Å². The van der Waals surface area contributed by atoms with Gasteiger partial charge in [0.1, 0.15) is 0 Å². The van der Waals surface area contributed by atoms with Gasteiger partial charge in [0.15, 0.2) is 0 Å². The molecule has 4 nitrogen and oxygen atoms in total. The minimum atomic E-state index is 0.0302. The van der Waals surface area contributed by atoms with Crippen molar-refractivity contribution in [2.75, 3.05) is 7.05 Å². The Hall–Kier alpha value is -1.06. The van der Waals surface area contributed by atoms with Gasteiger partial charge in [0.25, 0.3) is 0 Å². The highest BCUT2D eigenvalue weighted by Gasteiger charge is 2.49. The SMILES string of the molecule is CNC(=O)[C@H]1C[C@H]2CC[C@@H]1N2C(C)=O. The molecule has 0 aliphatic carbocycles. The zero-order valence-corrected chi connectivity index (χ0v) is 8.62. The van der Waals surface area contributed by atoms with Crippen LogP contribution >= 0.6 is 0 Å². The highest BCUT2D eigenvalue weighted by Crippen LogP contribution is 2.41. The summed E-state index contributed by atoms with van der Waals surface area (Å²) in [5.41, 5.74) is 0. The number of carbonyl (C=O) groups is 2. The van der Waals surface area contributed by atoms with Crippen LogP contribution in [-0.4, -0.2) is 35.8 Å². The third kappa shape index (κ3) is 1.21. The molecule has 2 fully saturated rings. The van der Waals surface area contributed by atoms with Crippen molar-refractivity contribution >= 4 is 11.8 Å². The summed E-state index contributed by atoms with van der Waals surface area (Å²) in [4.78, 5) is 24.8. The highest BCUT2D eigenvalue weighted by molar-refractivity contribution is 5.82. The fraction of sp³-hybridized carbons (Fsp3) is 0.800. The number of nitrogens with zero attached hydrogens (tertiary/aromatic N) is 1. The van der Waals surface area contributed by atoms with E-state index in [1.807, 2.05) is 4.90 Å². The summed E-state index contributed by atoms with van der Waals surface area (Å²) < 4.78 is 0. The fourth-order valence-electron chi connectivity index (χ4n) is 2.95. The van der Waals surface area contributed by atoms with E-state index in [0.29, 0.717) is 6.04 Å². The maximum Gasteiger partial charge on any atom is 0.225 e. The summed E-state index contributed by atoms with van der Waals surface area (Å²) in [5, 5.41) is 2.67. The van der Waals surface area contributed by atoms with Crippen LogP contribution in [0.2, 0.25) is 0 Å². The largest absolute Gasteiger partial charge is 0.359 e. The van der Waals surface area contributed by atoms with Crippen molar-refractivity contribution < 1.29 is 9.59 Å². The Bertz CT molecular complexity index is 277. The molecule has 0 saturated carbocycles. The smallest absolute Gasteiger partial charge is 0.225 e. The van der Waals surface area contributed by atoms with Crippen molar-refractivity contribution in [2.45, 2.75) is 38.3 Å². The summed E-state index contributed by atoms with van der Waals surface area (Å²) >= 11 is 0. The van der Waals surface area contributed by atoms with Gasteiger partial charge < -0.3 is 10.2 Å². The first kappa shape index (κ1) is 9.49. The molecular weight excluding hydrogens is 180 g/mol. The van der Waals surface area contributed by atoms with Gasteiger partial charge in [0, 0.05) is 26.1 Å². The van der Waals surface area contributed by atoms with Crippen molar-refractivity contribution in [3.63, 3.8) is 0 Å². The van der Waals surface area contributed by atoms with Crippen LogP contribution in [-0.2, 0) is 9.59 Å². The van der Waals surface area contributed by atoms with E-state index in [1.165, 1.54) is 0 Å². The van der Waals surface area contributed by atoms with Gasteiger partial charge in [-0.1, -0.05) is 0 Å². The zero-order valence-electron chi connectivity index (χ0n) is 8.62. The van der Waals surface area contributed by atoms with Crippen LogP contribution in [0.3, 0.4) is 0 Å². The number of hydrogen-bond donors (Lipinski definition) is 1. The van der Waals surface area contributed by atoms with Crippen LogP contribution in [0.25, 0.3) is 0 Å². The lowest BCUT2D eigenvalue weighted by Crippen LogP contribution is -2.39. The van der Waals surface area contributed by atoms with Crippen LogP contribution in [0.4, 0.5) is 0 Å². The summed E-state index contributed by atoms with van der Waals surface area (Å²) in [5.74, 6) is 0.231. The molecule has 2 aliphatic rings. The molecule has 0 radical (unpaired) electrons. The van der Waals surface area contributed by atoms with E-state index in [4.69, 9.17) is 0 Å². The van der Waals surface area contributed by atoms with Gasteiger partial charge in [-0.25, -0.2) is 0 Å². The number of amides is 2. The second-order valence-electron chi connectivity index (χ2n) is 4.18. The second kappa shape index (κ2) is 3.26. The summed E-state index contributed by atoms with van der Waals surface area (Å²) in [6, 6.07) is 0.484. The average molecular weight is 196 g/mol. The lowest BCUT2D eigenvalue weighted by atomic mass is 9.88. The molecule has 0 aromatic carbocycles. The molecule has 2 heterocycles. The minimum Gasteiger partial charge on any atom is -0.359 e. The number of rotatable bonds is 1. The van der Waals surface area contributed by atoms with E-state index in [2.05, 4.69) is 5.32 Å². The molecule has 2 bridgehead atoms. The lowest BCUT2D eigenvalue weighted by molar-refractivity contribution is -0.131. The van der Waals surface area contributed by atoms with E-state index >= 15 is 0 Å². The topological polar surface area (TPSA) is 49.4 Å². The Labute approximate surface area is 83.6 Å². The van der Waals surface area contributed by atoms with Gasteiger partial charge in [-0.15, -0.1) is 0 Å². The standard InChI is InChI=1S/C10H16N2O2/c1-6(13)12-7-3-4-9(12)8(5-7)10(14)11-2/h7-9H,3-5H2,1-2H3,(H,11,14)/t7-,8+,9+/m1/s1. The Morgan fingerprint density at radius 2 is 2.07 bits per heavy atom. The average Bonchev–Trinajstić information content (AvgIpc) is 2.72. The first-order valence-electron chi connectivity index (χ1n) is 5.15. The number of carbonyl (C=O) groups excluding carboxylic acids is 2. The third-order valence-corrected chi connectivity index (χ3v) is 3.48. The molecule has 78 valence electrons. The maximum atomic E-state index is 11.5. The van der Waals surface area contributed by atoms with Gasteiger partial charge in [-0.05, 0) is 19.3 Å². The molecule has 3 atom stereocenters. The van der Waals surface area contributed by atoms with E-state index in [1.54, 1.807) is 14.0 Å². The first-order chi connectivity index (χ1) is 6.65. The van der Waals surface area contributed by atoms with Crippen LogP contribution in [0.1, 0.15) is 26.2 Å². The van der Waals surface area contributed by atoms with E-state index < -0.39 is 0 Å². The molecule has 14 heavy (non-hydrogen) atoms. The Morgan fingerprint density at radius 1 is 1.36 bits per heavy atom. The monoisotopic (exact) mass is 196 g/mol. The lowest BCUT2D eigenvalue weighted by Gasteiger charge is -2.22. The molecule has 1 N–H and O–H groups in total. The maximum absolute atomic E-state index is 11.5. The normalized spacial score (nSPS) is 34.7. The number of nitrogens with one attached hydrogen (secondary N) is 1. The van der Waals surface area contributed by atoms with Crippen molar-refractivity contribution in [3.8, 4) is 0 Å². The van der Waals surface area contributed by atoms with Crippen LogP contribution in [0, 0.1) is 5.92 Å². The van der Waals surface area contributed by atoms with E-state index in [0.717, 1.165) is 19.3 Å². The Kier molecular flexibility index (Phi) is 2.21.